The van der Waals surface area contributed by atoms with Crippen molar-refractivity contribution in [2.75, 3.05) is 34.4 Å². The molecule has 3 aromatic carbocycles. The first-order valence-corrected chi connectivity index (χ1v) is 13.8. The number of rotatable bonds is 5. The van der Waals surface area contributed by atoms with E-state index in [2.05, 4.69) is 63.0 Å². The maximum absolute atomic E-state index is 12.8. The van der Waals surface area contributed by atoms with Gasteiger partial charge in [-0.05, 0) is 65.9 Å². The third-order valence-corrected chi connectivity index (χ3v) is 9.56. The number of carbonyl (C=O) groups is 1. The Kier molecular flexibility index (Phi) is 6.10. The van der Waals surface area contributed by atoms with Crippen molar-refractivity contribution < 1.29 is 9.53 Å². The molecular weight excluding hydrogens is 456 g/mol. The highest BCUT2D eigenvalue weighted by molar-refractivity contribution is 8.17. The summed E-state index contributed by atoms with van der Waals surface area (Å²) in [5, 5.41) is 7.12. The Balaban J connectivity index is 1.24. The quantitative estimate of drug-likeness (QED) is 0.249. The first-order valence-electron chi connectivity index (χ1n) is 12.2. The number of urea groups is 1. The summed E-state index contributed by atoms with van der Waals surface area (Å²) in [6, 6.07) is 24.6. The van der Waals surface area contributed by atoms with Gasteiger partial charge in [-0.15, -0.1) is 0 Å². The van der Waals surface area contributed by atoms with Crippen molar-refractivity contribution in [2.24, 2.45) is 0 Å². The molecule has 35 heavy (non-hydrogen) atoms. The minimum absolute atomic E-state index is 0.248. The molecule has 7 heteroatoms. The van der Waals surface area contributed by atoms with Crippen LogP contribution in [0.4, 0.5) is 21.9 Å². The van der Waals surface area contributed by atoms with Crippen molar-refractivity contribution in [2.45, 2.75) is 29.7 Å². The van der Waals surface area contributed by atoms with E-state index >= 15 is 0 Å². The number of thiol groups is 1. The van der Waals surface area contributed by atoms with E-state index in [0.717, 1.165) is 60.6 Å². The van der Waals surface area contributed by atoms with Crippen LogP contribution < -0.4 is 15.5 Å². The summed E-state index contributed by atoms with van der Waals surface area (Å²) < 4.78 is 6.12. The molecule has 2 aliphatic heterocycles. The molecule has 0 radical (unpaired) electrons. The van der Waals surface area contributed by atoms with Gasteiger partial charge < -0.3 is 25.3 Å². The smallest absolute Gasteiger partial charge is 0.323 e. The van der Waals surface area contributed by atoms with Gasteiger partial charge in [0.05, 0.1) is 11.1 Å². The predicted octanol–water partition coefficient (Wildman–Crippen LogP) is 6.33. The number of anilines is 3. The number of benzene rings is 3. The van der Waals surface area contributed by atoms with E-state index < -0.39 is 0 Å². The highest BCUT2D eigenvalue weighted by Gasteiger charge is 2.31. The van der Waals surface area contributed by atoms with Gasteiger partial charge in [-0.3, -0.25) is 0 Å². The zero-order chi connectivity index (χ0) is 23.6. The molecule has 0 aliphatic carbocycles. The lowest BCUT2D eigenvalue weighted by Crippen LogP contribution is -2.32. The fourth-order valence-corrected chi connectivity index (χ4v) is 7.90. The Morgan fingerprint density at radius 1 is 1.03 bits per heavy atom. The van der Waals surface area contributed by atoms with Gasteiger partial charge in [0.1, 0.15) is 0 Å². The van der Waals surface area contributed by atoms with Crippen LogP contribution >= 0.6 is 10.9 Å². The molecule has 180 valence electrons. The first kappa shape index (κ1) is 22.1. The second-order valence-corrected chi connectivity index (χ2v) is 11.6. The van der Waals surface area contributed by atoms with E-state index in [-0.39, 0.29) is 16.9 Å². The molecule has 1 saturated heterocycles. The van der Waals surface area contributed by atoms with E-state index in [9.17, 15) is 4.79 Å². The summed E-state index contributed by atoms with van der Waals surface area (Å²) in [6.07, 6.45) is 4.20. The minimum atomic E-state index is -0.370. The van der Waals surface area contributed by atoms with Crippen LogP contribution in [0, 0.1) is 0 Å². The largest absolute Gasteiger partial charge is 0.369 e. The van der Waals surface area contributed by atoms with Gasteiger partial charge in [0.2, 0.25) is 0 Å². The van der Waals surface area contributed by atoms with Gasteiger partial charge in [0.25, 0.3) is 0 Å². The molecule has 2 amide bonds. The van der Waals surface area contributed by atoms with Crippen molar-refractivity contribution in [1.82, 2.24) is 4.98 Å². The van der Waals surface area contributed by atoms with Gasteiger partial charge in [0, 0.05) is 47.7 Å². The zero-order valence-electron chi connectivity index (χ0n) is 19.5. The summed E-state index contributed by atoms with van der Waals surface area (Å²) in [5.41, 5.74) is 5.40. The molecule has 1 fully saturated rings. The molecule has 3 N–H and O–H groups in total. The van der Waals surface area contributed by atoms with Gasteiger partial charge in [-0.2, -0.15) is 10.9 Å². The van der Waals surface area contributed by atoms with Crippen LogP contribution in [-0.4, -0.2) is 35.4 Å². The molecule has 6 rings (SSSR count). The van der Waals surface area contributed by atoms with Crippen molar-refractivity contribution in [3.8, 4) is 0 Å². The molecule has 4 aromatic rings. The Bertz CT molecular complexity index is 1330. The Morgan fingerprint density at radius 3 is 2.69 bits per heavy atom. The number of nitrogens with one attached hydrogen (secondary N) is 3. The second kappa shape index (κ2) is 9.68. The summed E-state index contributed by atoms with van der Waals surface area (Å²) >= 11 is 0. The van der Waals surface area contributed by atoms with E-state index in [1.807, 2.05) is 36.5 Å². The van der Waals surface area contributed by atoms with Crippen LogP contribution in [0.25, 0.3) is 10.9 Å². The van der Waals surface area contributed by atoms with Crippen LogP contribution in [-0.2, 0) is 11.3 Å². The lowest BCUT2D eigenvalue weighted by Gasteiger charge is -2.40. The molecule has 2 atom stereocenters. The summed E-state index contributed by atoms with van der Waals surface area (Å²) in [4.78, 5) is 19.8. The molecule has 2 aliphatic rings. The van der Waals surface area contributed by atoms with Gasteiger partial charge in [-0.1, -0.05) is 36.4 Å². The fourth-order valence-electron chi connectivity index (χ4n) is 5.06. The number of nitrogens with zero attached hydrogens (tertiary/aromatic N) is 1. The van der Waals surface area contributed by atoms with E-state index in [1.165, 1.54) is 16.1 Å². The zero-order valence-corrected chi connectivity index (χ0v) is 20.4. The molecule has 6 nitrogen and oxygen atoms in total. The molecule has 2 unspecified atom stereocenters. The Hall–Kier alpha value is -3.42. The number of ether oxygens (including phenoxy) is 1. The number of amides is 2. The van der Waals surface area contributed by atoms with Crippen LogP contribution in [0.2, 0.25) is 0 Å². The second-order valence-electron chi connectivity index (χ2n) is 9.13. The maximum Gasteiger partial charge on any atom is 0.323 e. The lowest BCUT2D eigenvalue weighted by atomic mass is 10.2. The SMILES string of the molecule is O=C(Nc1ccc2c(c1)N(Cc1ccccc1)CC[SH]2C1CCCO1)Nc1ccc2cc[nH]c2c1. The van der Waals surface area contributed by atoms with Crippen LogP contribution in [0.1, 0.15) is 18.4 Å². The number of carbonyl (C=O) groups excluding carboxylic acids is 1. The monoisotopic (exact) mass is 486 g/mol. The lowest BCUT2D eigenvalue weighted by molar-refractivity contribution is 0.172. The summed E-state index contributed by atoms with van der Waals surface area (Å²) in [7, 11) is -0.370. The van der Waals surface area contributed by atoms with Gasteiger partial charge in [-0.25, -0.2) is 4.79 Å². The van der Waals surface area contributed by atoms with Crippen LogP contribution in [0.15, 0.2) is 83.9 Å². The number of H-pyrrole nitrogens is 1. The van der Waals surface area contributed by atoms with E-state index in [0.29, 0.717) is 5.44 Å². The van der Waals surface area contributed by atoms with Crippen molar-refractivity contribution >= 4 is 44.9 Å². The first-order chi connectivity index (χ1) is 17.2. The van der Waals surface area contributed by atoms with Crippen molar-refractivity contribution in [3.05, 3.63) is 84.6 Å². The van der Waals surface area contributed by atoms with Gasteiger partial charge >= 0.3 is 6.03 Å². The third kappa shape index (κ3) is 4.74. The number of fused-ring (bicyclic) bond motifs is 2. The third-order valence-electron chi connectivity index (χ3n) is 6.78. The number of aromatic amines is 1. The average molecular weight is 487 g/mol. The molecule has 3 heterocycles. The highest BCUT2D eigenvalue weighted by Crippen LogP contribution is 2.52. The topological polar surface area (TPSA) is 69.4 Å². The summed E-state index contributed by atoms with van der Waals surface area (Å²) in [6.45, 7) is 2.73. The van der Waals surface area contributed by atoms with Crippen molar-refractivity contribution in [1.29, 1.82) is 0 Å². The minimum Gasteiger partial charge on any atom is -0.369 e. The average Bonchev–Trinajstić information content (AvgIpc) is 3.57. The van der Waals surface area contributed by atoms with Crippen molar-refractivity contribution in [3.63, 3.8) is 0 Å². The standard InChI is InChI=1S/C28H30N4O2S/c33-28(30-22-9-8-21-12-13-29-24(21)17-22)31-23-10-11-26-25(18-23)32(19-20-5-2-1-3-6-20)14-16-35(26)27-7-4-15-34-27/h1-3,5-6,8-13,17-18,27,29,35H,4,7,14-16,19H2,(H2,30,31,33). The van der Waals surface area contributed by atoms with E-state index in [4.69, 9.17) is 4.74 Å². The molecule has 0 bridgehead atoms. The fraction of sp³-hybridized carbons (Fsp3) is 0.250. The normalized spacial score (nSPS) is 20.5. The number of aromatic nitrogens is 1. The molecule has 0 saturated carbocycles. The van der Waals surface area contributed by atoms with Crippen LogP contribution in [0.3, 0.4) is 0 Å². The maximum atomic E-state index is 12.8. The Morgan fingerprint density at radius 2 is 1.86 bits per heavy atom. The van der Waals surface area contributed by atoms with E-state index in [1.54, 1.807) is 0 Å². The molecular formula is C28H30N4O2S. The number of hydrogen-bond donors (Lipinski definition) is 4. The highest BCUT2D eigenvalue weighted by atomic mass is 32.2. The summed E-state index contributed by atoms with van der Waals surface area (Å²) in [5.74, 6) is 1.15. The molecule has 1 aromatic heterocycles. The number of hydrogen-bond acceptors (Lipinski definition) is 3. The Labute approximate surface area is 208 Å². The molecule has 0 spiro atoms. The van der Waals surface area contributed by atoms with Crippen LogP contribution in [0.5, 0.6) is 0 Å². The van der Waals surface area contributed by atoms with Gasteiger partial charge in [0.15, 0.2) is 0 Å². The predicted molar refractivity (Wildman–Crippen MR) is 146 cm³/mol.